The van der Waals surface area contributed by atoms with Crippen molar-refractivity contribution < 1.29 is 14.3 Å². The first-order valence-corrected chi connectivity index (χ1v) is 6.28. The van der Waals surface area contributed by atoms with Crippen LogP contribution in [0.25, 0.3) is 0 Å². The molecule has 2 aromatic carbocycles. The van der Waals surface area contributed by atoms with E-state index >= 15 is 0 Å². The molecule has 0 amide bonds. The molecule has 0 aliphatic rings. The SMILES string of the molecule is COc1ccc(C(=O)CNc2ccccc2OC)cc1. The lowest BCUT2D eigenvalue weighted by molar-refractivity contribution is 0.101. The predicted octanol–water partition coefficient (Wildman–Crippen LogP) is 3.00. The Balaban J connectivity index is 2.01. The van der Waals surface area contributed by atoms with Crippen LogP contribution in [0.15, 0.2) is 48.5 Å². The number of hydrogen-bond donors (Lipinski definition) is 1. The first-order chi connectivity index (χ1) is 9.74. The van der Waals surface area contributed by atoms with E-state index in [4.69, 9.17) is 9.47 Å². The monoisotopic (exact) mass is 271 g/mol. The standard InChI is InChI=1S/C16H17NO3/c1-19-13-9-7-12(8-10-13)15(18)11-17-14-5-3-4-6-16(14)20-2/h3-10,17H,11H2,1-2H3. The highest BCUT2D eigenvalue weighted by Gasteiger charge is 2.07. The molecule has 0 aromatic heterocycles. The lowest BCUT2D eigenvalue weighted by atomic mass is 10.1. The maximum absolute atomic E-state index is 12.1. The molecule has 20 heavy (non-hydrogen) atoms. The zero-order valence-electron chi connectivity index (χ0n) is 11.6. The Kier molecular flexibility index (Phi) is 4.60. The Morgan fingerprint density at radius 2 is 1.70 bits per heavy atom. The molecule has 0 saturated carbocycles. The smallest absolute Gasteiger partial charge is 0.181 e. The number of benzene rings is 2. The van der Waals surface area contributed by atoms with Gasteiger partial charge in [0.05, 0.1) is 26.5 Å². The molecule has 0 atom stereocenters. The fourth-order valence-corrected chi connectivity index (χ4v) is 1.85. The maximum Gasteiger partial charge on any atom is 0.181 e. The summed E-state index contributed by atoms with van der Waals surface area (Å²) in [6.45, 7) is 0.215. The average Bonchev–Trinajstić information content (AvgIpc) is 2.53. The number of anilines is 1. The van der Waals surface area contributed by atoms with Crippen LogP contribution in [-0.4, -0.2) is 26.5 Å². The summed E-state index contributed by atoms with van der Waals surface area (Å²) in [6.07, 6.45) is 0. The van der Waals surface area contributed by atoms with Gasteiger partial charge >= 0.3 is 0 Å². The molecule has 4 heteroatoms. The van der Waals surface area contributed by atoms with Crippen LogP contribution in [-0.2, 0) is 0 Å². The Labute approximate surface area is 118 Å². The van der Waals surface area contributed by atoms with Crippen LogP contribution in [0.5, 0.6) is 11.5 Å². The van der Waals surface area contributed by atoms with Gasteiger partial charge in [0.25, 0.3) is 0 Å². The van der Waals surface area contributed by atoms with Crippen molar-refractivity contribution in [1.82, 2.24) is 0 Å². The minimum absolute atomic E-state index is 0.0126. The van der Waals surface area contributed by atoms with Crippen molar-refractivity contribution in [2.24, 2.45) is 0 Å². The molecule has 0 unspecified atom stereocenters. The summed E-state index contributed by atoms with van der Waals surface area (Å²) in [4.78, 5) is 12.1. The number of para-hydroxylation sites is 2. The normalized spacial score (nSPS) is 9.90. The Morgan fingerprint density at radius 1 is 1.00 bits per heavy atom. The summed E-state index contributed by atoms with van der Waals surface area (Å²) < 4.78 is 10.3. The molecule has 0 saturated heterocycles. The number of methoxy groups -OCH3 is 2. The van der Waals surface area contributed by atoms with E-state index in [0.29, 0.717) is 5.56 Å². The molecule has 2 aromatic rings. The number of nitrogens with one attached hydrogen (secondary N) is 1. The van der Waals surface area contributed by atoms with Crippen molar-refractivity contribution in [3.63, 3.8) is 0 Å². The largest absolute Gasteiger partial charge is 0.497 e. The van der Waals surface area contributed by atoms with E-state index in [1.165, 1.54) is 0 Å². The summed E-state index contributed by atoms with van der Waals surface area (Å²) in [5.74, 6) is 1.47. The Hall–Kier alpha value is -2.49. The topological polar surface area (TPSA) is 47.6 Å². The van der Waals surface area contributed by atoms with Gasteiger partial charge in [0.2, 0.25) is 0 Å². The van der Waals surface area contributed by atoms with Crippen LogP contribution in [0.3, 0.4) is 0 Å². The van der Waals surface area contributed by atoms with E-state index in [1.807, 2.05) is 24.3 Å². The molecular formula is C16H17NO3. The number of carbonyl (C=O) groups excluding carboxylic acids is 1. The molecule has 0 bridgehead atoms. The zero-order valence-corrected chi connectivity index (χ0v) is 11.6. The molecule has 0 fully saturated rings. The van der Waals surface area contributed by atoms with E-state index in [-0.39, 0.29) is 12.3 Å². The molecule has 0 aliphatic carbocycles. The van der Waals surface area contributed by atoms with Crippen molar-refractivity contribution >= 4 is 11.5 Å². The zero-order chi connectivity index (χ0) is 14.4. The molecule has 0 heterocycles. The summed E-state index contributed by atoms with van der Waals surface area (Å²) in [5, 5.41) is 3.09. The highest BCUT2D eigenvalue weighted by molar-refractivity contribution is 5.99. The van der Waals surface area contributed by atoms with Gasteiger partial charge in [-0.3, -0.25) is 4.79 Å². The molecule has 2 rings (SSSR count). The van der Waals surface area contributed by atoms with Gasteiger partial charge in [-0.2, -0.15) is 0 Å². The fourth-order valence-electron chi connectivity index (χ4n) is 1.85. The van der Waals surface area contributed by atoms with Crippen LogP contribution >= 0.6 is 0 Å². The van der Waals surface area contributed by atoms with E-state index in [0.717, 1.165) is 17.2 Å². The minimum atomic E-state index is 0.0126. The Morgan fingerprint density at radius 3 is 2.35 bits per heavy atom. The molecule has 104 valence electrons. The van der Waals surface area contributed by atoms with E-state index < -0.39 is 0 Å². The van der Waals surface area contributed by atoms with Gasteiger partial charge in [0.1, 0.15) is 11.5 Å². The molecule has 0 aliphatic heterocycles. The van der Waals surface area contributed by atoms with Gasteiger partial charge in [-0.25, -0.2) is 0 Å². The van der Waals surface area contributed by atoms with Gasteiger partial charge in [0, 0.05) is 5.56 Å². The molecule has 1 N–H and O–H groups in total. The van der Waals surface area contributed by atoms with Crippen molar-refractivity contribution in [1.29, 1.82) is 0 Å². The second-order valence-electron chi connectivity index (χ2n) is 4.21. The van der Waals surface area contributed by atoms with Crippen LogP contribution in [0.1, 0.15) is 10.4 Å². The van der Waals surface area contributed by atoms with Crippen LogP contribution < -0.4 is 14.8 Å². The highest BCUT2D eigenvalue weighted by atomic mass is 16.5. The van der Waals surface area contributed by atoms with Crippen molar-refractivity contribution in [3.8, 4) is 11.5 Å². The van der Waals surface area contributed by atoms with Crippen LogP contribution in [0.4, 0.5) is 5.69 Å². The lowest BCUT2D eigenvalue weighted by Crippen LogP contribution is -2.14. The van der Waals surface area contributed by atoms with E-state index in [2.05, 4.69) is 5.32 Å². The third kappa shape index (κ3) is 3.29. The fraction of sp³-hybridized carbons (Fsp3) is 0.188. The number of ether oxygens (including phenoxy) is 2. The van der Waals surface area contributed by atoms with Gasteiger partial charge in [0.15, 0.2) is 5.78 Å². The number of ketones is 1. The number of rotatable bonds is 6. The summed E-state index contributed by atoms with van der Waals surface area (Å²) in [5.41, 5.74) is 1.45. The molecule has 4 nitrogen and oxygen atoms in total. The molecular weight excluding hydrogens is 254 g/mol. The number of hydrogen-bond acceptors (Lipinski definition) is 4. The maximum atomic E-state index is 12.1. The quantitative estimate of drug-likeness (QED) is 0.820. The van der Waals surface area contributed by atoms with Gasteiger partial charge < -0.3 is 14.8 Å². The van der Waals surface area contributed by atoms with Crippen molar-refractivity contribution in [3.05, 3.63) is 54.1 Å². The van der Waals surface area contributed by atoms with Gasteiger partial charge in [-0.05, 0) is 36.4 Å². The molecule has 0 spiro atoms. The van der Waals surface area contributed by atoms with Gasteiger partial charge in [-0.15, -0.1) is 0 Å². The van der Waals surface area contributed by atoms with Crippen LogP contribution in [0.2, 0.25) is 0 Å². The second-order valence-corrected chi connectivity index (χ2v) is 4.21. The first kappa shape index (κ1) is 13.9. The summed E-state index contributed by atoms with van der Waals surface area (Å²) in [7, 11) is 3.20. The third-order valence-corrected chi connectivity index (χ3v) is 2.96. The van der Waals surface area contributed by atoms with Gasteiger partial charge in [-0.1, -0.05) is 12.1 Å². The lowest BCUT2D eigenvalue weighted by Gasteiger charge is -2.10. The third-order valence-electron chi connectivity index (χ3n) is 2.96. The van der Waals surface area contributed by atoms with E-state index in [9.17, 15) is 4.79 Å². The van der Waals surface area contributed by atoms with Crippen LogP contribution in [0, 0.1) is 0 Å². The molecule has 0 radical (unpaired) electrons. The Bertz CT molecular complexity index is 579. The van der Waals surface area contributed by atoms with Crippen molar-refractivity contribution in [2.45, 2.75) is 0 Å². The number of Topliss-reactive ketones (excluding diaryl/α,β-unsaturated/α-hetero) is 1. The first-order valence-electron chi connectivity index (χ1n) is 6.28. The second kappa shape index (κ2) is 6.61. The minimum Gasteiger partial charge on any atom is -0.497 e. The summed E-state index contributed by atoms with van der Waals surface area (Å²) in [6, 6.07) is 14.6. The predicted molar refractivity (Wildman–Crippen MR) is 78.8 cm³/mol. The van der Waals surface area contributed by atoms with E-state index in [1.54, 1.807) is 38.5 Å². The van der Waals surface area contributed by atoms with Crippen molar-refractivity contribution in [2.75, 3.05) is 26.1 Å². The summed E-state index contributed by atoms with van der Waals surface area (Å²) >= 11 is 0. The number of carbonyl (C=O) groups is 1. The highest BCUT2D eigenvalue weighted by Crippen LogP contribution is 2.22. The average molecular weight is 271 g/mol.